The molecule has 4 atom stereocenters. The van der Waals surface area contributed by atoms with Gasteiger partial charge in [0.15, 0.2) is 0 Å². The van der Waals surface area contributed by atoms with Crippen molar-refractivity contribution in [2.75, 3.05) is 19.8 Å². The van der Waals surface area contributed by atoms with E-state index in [2.05, 4.69) is 31.3 Å². The molecule has 0 bridgehead atoms. The lowest BCUT2D eigenvalue weighted by molar-refractivity contribution is -0.124. The van der Waals surface area contributed by atoms with Gasteiger partial charge in [-0.1, -0.05) is 199 Å². The summed E-state index contributed by atoms with van der Waals surface area (Å²) in [5.41, 5.74) is 5.37. The minimum Gasteiger partial charge on any atom is -0.393 e. The van der Waals surface area contributed by atoms with E-state index in [9.17, 15) is 24.5 Å². The van der Waals surface area contributed by atoms with E-state index in [-0.39, 0.29) is 19.6 Å². The molecule has 0 rings (SSSR count). The van der Waals surface area contributed by atoms with Crippen molar-refractivity contribution in [3.63, 3.8) is 0 Å². The number of unbranched alkanes of at least 4 members (excludes halogenated alkanes) is 28. The van der Waals surface area contributed by atoms with Gasteiger partial charge in [-0.05, 0) is 44.9 Å². The molecule has 0 fully saturated rings. The highest BCUT2D eigenvalue weighted by Crippen LogP contribution is 2.43. The van der Waals surface area contributed by atoms with Crippen LogP contribution in [0.15, 0.2) is 24.3 Å². The molecule has 0 heterocycles. The van der Waals surface area contributed by atoms with Gasteiger partial charge in [-0.3, -0.25) is 13.8 Å². The molecule has 0 aromatic carbocycles. The van der Waals surface area contributed by atoms with E-state index in [1.54, 1.807) is 6.08 Å². The first-order valence-corrected chi connectivity index (χ1v) is 25.0. The van der Waals surface area contributed by atoms with Gasteiger partial charge in [-0.15, -0.1) is 0 Å². The van der Waals surface area contributed by atoms with E-state index in [4.69, 9.17) is 14.8 Å². The summed E-state index contributed by atoms with van der Waals surface area (Å²) in [5, 5.41) is 24.1. The van der Waals surface area contributed by atoms with Crippen molar-refractivity contribution in [2.45, 2.75) is 244 Å². The van der Waals surface area contributed by atoms with Crippen LogP contribution < -0.4 is 11.1 Å². The van der Waals surface area contributed by atoms with Crippen LogP contribution in [0.2, 0.25) is 0 Å². The summed E-state index contributed by atoms with van der Waals surface area (Å²) in [7, 11) is -4.40. The Morgan fingerprint density at radius 1 is 0.607 bits per heavy atom. The largest absolute Gasteiger partial charge is 0.472 e. The summed E-state index contributed by atoms with van der Waals surface area (Å²) in [4.78, 5) is 22.8. The first kappa shape index (κ1) is 54.9. The normalized spacial score (nSPS) is 14.8. The number of aliphatic hydroxyl groups excluding tert-OH is 2. The smallest absolute Gasteiger partial charge is 0.393 e. The monoisotopic (exact) mass is 815 g/mol. The second-order valence-corrected chi connectivity index (χ2v) is 17.6. The number of amides is 1. The van der Waals surface area contributed by atoms with Gasteiger partial charge in [0.2, 0.25) is 5.91 Å². The van der Waals surface area contributed by atoms with Crippen LogP contribution in [0, 0.1) is 0 Å². The van der Waals surface area contributed by atoms with Crippen LogP contribution in [-0.4, -0.2) is 59.0 Å². The van der Waals surface area contributed by atoms with Gasteiger partial charge in [-0.2, -0.15) is 0 Å². The SMILES string of the molecule is CCCCCCCCCCC/C=C\CCCCCC(O)CC(=O)NC(COP(=O)(O)OCCN)C(O)/C=C/CCCCCCCCCCCCCCCCCC. The van der Waals surface area contributed by atoms with Crippen molar-refractivity contribution in [1.29, 1.82) is 0 Å². The average molecular weight is 815 g/mol. The second-order valence-electron chi connectivity index (χ2n) is 16.2. The number of allylic oxidation sites excluding steroid dienone is 3. The van der Waals surface area contributed by atoms with E-state index < -0.39 is 38.6 Å². The van der Waals surface area contributed by atoms with E-state index in [0.717, 1.165) is 51.4 Å². The Labute approximate surface area is 345 Å². The molecule has 332 valence electrons. The molecule has 0 aliphatic carbocycles. The van der Waals surface area contributed by atoms with Crippen LogP contribution in [0.25, 0.3) is 0 Å². The summed E-state index contributed by atoms with van der Waals surface area (Å²) in [6, 6.07) is -0.985. The zero-order valence-corrected chi connectivity index (χ0v) is 37.4. The summed E-state index contributed by atoms with van der Waals surface area (Å²) in [6.07, 6.45) is 45.5. The molecule has 56 heavy (non-hydrogen) atoms. The fourth-order valence-electron chi connectivity index (χ4n) is 6.99. The Morgan fingerprint density at radius 3 is 1.43 bits per heavy atom. The maximum absolute atomic E-state index is 12.8. The predicted molar refractivity (Wildman–Crippen MR) is 237 cm³/mol. The van der Waals surface area contributed by atoms with Crippen molar-refractivity contribution in [3.05, 3.63) is 24.3 Å². The molecule has 9 nitrogen and oxygen atoms in total. The van der Waals surface area contributed by atoms with Crippen molar-refractivity contribution < 1.29 is 33.5 Å². The van der Waals surface area contributed by atoms with E-state index in [1.807, 2.05) is 6.08 Å². The number of carbonyl (C=O) groups is 1. The van der Waals surface area contributed by atoms with E-state index in [1.165, 1.54) is 148 Å². The third-order valence-electron chi connectivity index (χ3n) is 10.6. The Balaban J connectivity index is 4.29. The molecule has 10 heteroatoms. The van der Waals surface area contributed by atoms with Gasteiger partial charge in [0, 0.05) is 6.54 Å². The number of hydrogen-bond acceptors (Lipinski definition) is 7. The van der Waals surface area contributed by atoms with Crippen LogP contribution >= 0.6 is 7.82 Å². The number of nitrogens with one attached hydrogen (secondary N) is 1. The van der Waals surface area contributed by atoms with Gasteiger partial charge in [-0.25, -0.2) is 4.57 Å². The fraction of sp³-hybridized carbons (Fsp3) is 0.891. The highest BCUT2D eigenvalue weighted by Gasteiger charge is 2.27. The molecule has 1 amide bonds. The molecule has 0 aromatic heterocycles. The topological polar surface area (TPSA) is 151 Å². The van der Waals surface area contributed by atoms with Crippen molar-refractivity contribution in [3.8, 4) is 0 Å². The summed E-state index contributed by atoms with van der Waals surface area (Å²) < 4.78 is 22.1. The first-order chi connectivity index (χ1) is 27.3. The van der Waals surface area contributed by atoms with E-state index >= 15 is 0 Å². The Morgan fingerprint density at radius 2 is 1.00 bits per heavy atom. The van der Waals surface area contributed by atoms with E-state index in [0.29, 0.717) is 6.42 Å². The highest BCUT2D eigenvalue weighted by atomic mass is 31.2. The lowest BCUT2D eigenvalue weighted by Gasteiger charge is -2.24. The summed E-state index contributed by atoms with van der Waals surface area (Å²) >= 11 is 0. The summed E-state index contributed by atoms with van der Waals surface area (Å²) in [6.45, 7) is 3.98. The number of nitrogens with two attached hydrogens (primary N) is 1. The molecule has 4 unspecified atom stereocenters. The zero-order valence-electron chi connectivity index (χ0n) is 36.5. The quantitative estimate of drug-likeness (QED) is 0.0232. The Bertz CT molecular complexity index is 950. The lowest BCUT2D eigenvalue weighted by atomic mass is 10.0. The number of rotatable bonds is 44. The lowest BCUT2D eigenvalue weighted by Crippen LogP contribution is -2.46. The third kappa shape index (κ3) is 39.8. The van der Waals surface area contributed by atoms with Gasteiger partial charge < -0.3 is 26.2 Å². The molecule has 0 aromatic rings. The number of phosphoric ester groups is 1. The van der Waals surface area contributed by atoms with Crippen LogP contribution in [0.5, 0.6) is 0 Å². The maximum Gasteiger partial charge on any atom is 0.472 e. The number of carbonyl (C=O) groups excluding carboxylic acids is 1. The van der Waals surface area contributed by atoms with Gasteiger partial charge >= 0.3 is 7.82 Å². The second kappa shape index (κ2) is 42.1. The van der Waals surface area contributed by atoms with Crippen LogP contribution in [-0.2, 0) is 18.4 Å². The van der Waals surface area contributed by atoms with Crippen molar-refractivity contribution in [1.82, 2.24) is 5.32 Å². The standard InChI is InChI=1S/C46H91N2O7P/c1-3-5-7-9-11-13-15-17-19-21-22-24-26-28-30-32-34-36-38-45(50)44(42-55-56(52,53)54-40-39-47)48-46(51)41-43(49)37-35-33-31-29-27-25-23-20-18-16-14-12-10-8-6-4-2/h25,27,36,38,43-45,49-50H,3-24,26,28-35,37,39-42,47H2,1-2H3,(H,48,51)(H,52,53)/b27-25-,38-36+. The first-order valence-electron chi connectivity index (χ1n) is 23.5. The van der Waals surface area contributed by atoms with Crippen LogP contribution in [0.3, 0.4) is 0 Å². The molecule has 0 aliphatic heterocycles. The minimum atomic E-state index is -4.40. The van der Waals surface area contributed by atoms with Crippen LogP contribution in [0.4, 0.5) is 0 Å². The third-order valence-corrected chi connectivity index (χ3v) is 11.6. The summed E-state index contributed by atoms with van der Waals surface area (Å²) in [5.74, 6) is -0.452. The van der Waals surface area contributed by atoms with Crippen molar-refractivity contribution >= 4 is 13.7 Å². The average Bonchev–Trinajstić information content (AvgIpc) is 3.17. The van der Waals surface area contributed by atoms with Gasteiger partial charge in [0.1, 0.15) is 0 Å². The molecule has 6 N–H and O–H groups in total. The Hall–Kier alpha value is -1.06. The molecule has 0 spiro atoms. The number of hydrogen-bond donors (Lipinski definition) is 5. The maximum atomic E-state index is 12.8. The van der Waals surface area contributed by atoms with Gasteiger partial charge in [0.25, 0.3) is 0 Å². The molecular weight excluding hydrogens is 723 g/mol. The highest BCUT2D eigenvalue weighted by molar-refractivity contribution is 7.47. The number of phosphoric acid groups is 1. The molecule has 0 saturated carbocycles. The predicted octanol–water partition coefficient (Wildman–Crippen LogP) is 12.3. The minimum absolute atomic E-state index is 0.0484. The zero-order chi connectivity index (χ0) is 41.2. The van der Waals surface area contributed by atoms with Gasteiger partial charge in [0.05, 0.1) is 37.9 Å². The molecule has 0 aliphatic rings. The fourth-order valence-corrected chi connectivity index (χ4v) is 7.75. The Kier molecular flexibility index (Phi) is 41.3. The molecular formula is C46H91N2O7P. The molecule has 0 radical (unpaired) electrons. The van der Waals surface area contributed by atoms with Crippen molar-refractivity contribution in [2.24, 2.45) is 5.73 Å². The molecule has 0 saturated heterocycles. The van der Waals surface area contributed by atoms with Crippen LogP contribution in [0.1, 0.15) is 226 Å². The number of aliphatic hydroxyl groups is 2.